The number of ether oxygens (including phenoxy) is 5. The first-order chi connectivity index (χ1) is 19.4. The SMILES string of the molecule is CC1OC(OCC2OC(OC3CC4C(O)CC(O)CC4[OH+]C3C3CCC(O)CC3)C(O)C(O)C2O)C(O)C(O)C1O. The van der Waals surface area contributed by atoms with Crippen LogP contribution in [0, 0.1) is 11.8 Å². The van der Waals surface area contributed by atoms with Gasteiger partial charge in [-0.1, -0.05) is 0 Å². The topological polar surface area (TPSA) is 232 Å². The third kappa shape index (κ3) is 6.76. The van der Waals surface area contributed by atoms with Crippen molar-refractivity contribution in [3.8, 4) is 0 Å². The van der Waals surface area contributed by atoms with Crippen LogP contribution >= 0.6 is 0 Å². The van der Waals surface area contributed by atoms with Gasteiger partial charge in [0.25, 0.3) is 0 Å². The van der Waals surface area contributed by atoms with Gasteiger partial charge >= 0.3 is 0 Å². The second-order valence-electron chi connectivity index (χ2n) is 12.6. The highest BCUT2D eigenvalue weighted by Gasteiger charge is 2.54. The molecule has 0 bridgehead atoms. The van der Waals surface area contributed by atoms with Gasteiger partial charge in [0.05, 0.1) is 36.9 Å². The molecule has 0 aromatic carbocycles. The number of fused-ring (bicyclic) bond motifs is 1. The van der Waals surface area contributed by atoms with E-state index >= 15 is 0 Å². The van der Waals surface area contributed by atoms with Gasteiger partial charge in [0, 0.05) is 18.8 Å². The molecular weight excluding hydrogens is 548 g/mol. The highest BCUT2D eigenvalue weighted by atomic mass is 16.7. The Morgan fingerprint density at radius 2 is 1.34 bits per heavy atom. The Hall–Kier alpha value is -0.560. The first kappa shape index (κ1) is 31.9. The minimum atomic E-state index is -1.65. The lowest BCUT2D eigenvalue weighted by molar-refractivity contribution is -0.361. The molecule has 5 aliphatic rings. The van der Waals surface area contributed by atoms with Crippen LogP contribution in [0.3, 0.4) is 0 Å². The van der Waals surface area contributed by atoms with Crippen LogP contribution in [0.5, 0.6) is 0 Å². The normalized spacial score (nSPS) is 54.9. The van der Waals surface area contributed by atoms with Crippen molar-refractivity contribution < 1.29 is 69.6 Å². The van der Waals surface area contributed by atoms with Crippen LogP contribution in [-0.2, 0) is 18.9 Å². The lowest BCUT2D eigenvalue weighted by Gasteiger charge is -2.48. The number of hydrogen-bond donors (Lipinski definition) is 9. The van der Waals surface area contributed by atoms with Crippen molar-refractivity contribution in [1.82, 2.24) is 0 Å². The molecule has 41 heavy (non-hydrogen) atoms. The van der Waals surface area contributed by atoms with E-state index < -0.39 is 86.3 Å². The van der Waals surface area contributed by atoms with Crippen molar-refractivity contribution in [2.75, 3.05) is 6.61 Å². The van der Waals surface area contributed by atoms with Gasteiger partial charge < -0.3 is 69.6 Å². The summed E-state index contributed by atoms with van der Waals surface area (Å²) in [5.74, 6) is -0.192. The van der Waals surface area contributed by atoms with Gasteiger partial charge in [0.15, 0.2) is 24.8 Å². The molecule has 238 valence electrons. The molecule has 16 unspecified atom stereocenters. The van der Waals surface area contributed by atoms with Crippen LogP contribution in [0.25, 0.3) is 0 Å². The molecule has 14 heteroatoms. The molecule has 14 nitrogen and oxygen atoms in total. The van der Waals surface area contributed by atoms with E-state index in [2.05, 4.69) is 0 Å². The molecule has 3 aliphatic heterocycles. The van der Waals surface area contributed by atoms with Gasteiger partial charge in [-0.05, 0) is 39.0 Å². The molecule has 0 amide bonds. The monoisotopic (exact) mass is 595 g/mol. The standard InChI is InChI=1S/C27H46O14/c1-10-19(31)21(33)23(35)26(38-10)37-9-18-20(32)22(34)24(36)27(41-18)40-17-8-14-15(30)6-13(29)7-16(14)39-25(17)11-2-4-12(28)5-3-11/h10-36H,2-9H2,1H3/p+1. The second-order valence-corrected chi connectivity index (χ2v) is 12.6. The van der Waals surface area contributed by atoms with Crippen molar-refractivity contribution in [3.63, 3.8) is 0 Å². The Kier molecular flexibility index (Phi) is 10.3. The zero-order valence-electron chi connectivity index (χ0n) is 23.2. The van der Waals surface area contributed by atoms with Gasteiger partial charge in [-0.25, -0.2) is 0 Å². The molecule has 3 heterocycles. The quantitative estimate of drug-likeness (QED) is 0.135. The minimum Gasteiger partial charge on any atom is -0.427 e. The van der Waals surface area contributed by atoms with Gasteiger partial charge in [-0.2, -0.15) is 0 Å². The predicted molar refractivity (Wildman–Crippen MR) is 137 cm³/mol. The Morgan fingerprint density at radius 3 is 2.05 bits per heavy atom. The fraction of sp³-hybridized carbons (Fsp3) is 1.00. The van der Waals surface area contributed by atoms with Crippen molar-refractivity contribution in [2.45, 2.75) is 150 Å². The van der Waals surface area contributed by atoms with Gasteiger partial charge in [0.1, 0.15) is 48.8 Å². The summed E-state index contributed by atoms with van der Waals surface area (Å²) >= 11 is 0. The molecule has 3 saturated heterocycles. The van der Waals surface area contributed by atoms with Crippen molar-refractivity contribution in [3.05, 3.63) is 0 Å². The minimum absolute atomic E-state index is 0.0737. The molecule has 10 N–H and O–H groups in total. The molecule has 5 rings (SSSR count). The summed E-state index contributed by atoms with van der Waals surface area (Å²) in [5.41, 5.74) is 0. The van der Waals surface area contributed by atoms with E-state index in [-0.39, 0.29) is 36.6 Å². The van der Waals surface area contributed by atoms with Crippen LogP contribution < -0.4 is 0 Å². The number of rotatable bonds is 6. The third-order valence-corrected chi connectivity index (χ3v) is 9.70. The van der Waals surface area contributed by atoms with Crippen molar-refractivity contribution in [1.29, 1.82) is 0 Å². The van der Waals surface area contributed by atoms with E-state index in [4.69, 9.17) is 23.7 Å². The van der Waals surface area contributed by atoms with E-state index in [1.165, 1.54) is 6.92 Å². The average molecular weight is 596 g/mol. The summed E-state index contributed by atoms with van der Waals surface area (Å²) in [5, 5.41) is 93.2. The second kappa shape index (κ2) is 13.2. The first-order valence-corrected chi connectivity index (χ1v) is 14.8. The molecule has 0 aromatic heterocycles. The fourth-order valence-electron chi connectivity index (χ4n) is 7.15. The van der Waals surface area contributed by atoms with Gasteiger partial charge in [0.2, 0.25) is 0 Å². The maximum Gasteiger partial charge on any atom is 0.187 e. The molecule has 5 fully saturated rings. The van der Waals surface area contributed by atoms with E-state index in [9.17, 15) is 46.0 Å². The van der Waals surface area contributed by atoms with Gasteiger partial charge in [-0.3, -0.25) is 0 Å². The van der Waals surface area contributed by atoms with Crippen molar-refractivity contribution in [2.24, 2.45) is 11.8 Å². The number of aliphatic hydroxyl groups excluding tert-OH is 9. The summed E-state index contributed by atoms with van der Waals surface area (Å²) in [7, 11) is 0. The zero-order chi connectivity index (χ0) is 29.6. The zero-order valence-corrected chi connectivity index (χ0v) is 23.2. The Bertz CT molecular complexity index is 843. The molecule has 2 saturated carbocycles. The summed E-state index contributed by atoms with van der Waals surface area (Å²) in [4.78, 5) is 0. The highest BCUT2D eigenvalue weighted by Crippen LogP contribution is 2.42. The van der Waals surface area contributed by atoms with E-state index in [0.29, 0.717) is 38.5 Å². The third-order valence-electron chi connectivity index (χ3n) is 9.70. The summed E-state index contributed by atoms with van der Waals surface area (Å²) in [6, 6.07) is 0. The maximum atomic E-state index is 10.8. The van der Waals surface area contributed by atoms with E-state index in [0.717, 1.165) is 0 Å². The van der Waals surface area contributed by atoms with E-state index in [1.807, 2.05) is 0 Å². The predicted octanol–water partition coefficient (Wildman–Crippen LogP) is -3.62. The van der Waals surface area contributed by atoms with Crippen LogP contribution in [0.4, 0.5) is 0 Å². The Balaban J connectivity index is 1.28. The van der Waals surface area contributed by atoms with Crippen molar-refractivity contribution >= 4 is 0 Å². The molecule has 0 aromatic rings. The molecule has 0 radical (unpaired) electrons. The van der Waals surface area contributed by atoms with Crippen LogP contribution in [0.2, 0.25) is 0 Å². The highest BCUT2D eigenvalue weighted by molar-refractivity contribution is 4.98. The summed E-state index contributed by atoms with van der Waals surface area (Å²) < 4.78 is 28.2. The largest absolute Gasteiger partial charge is 0.427 e. The maximum absolute atomic E-state index is 10.8. The average Bonchev–Trinajstić information content (AvgIpc) is 2.94. The van der Waals surface area contributed by atoms with E-state index in [1.54, 1.807) is 0 Å². The molecule has 0 spiro atoms. The smallest absolute Gasteiger partial charge is 0.187 e. The number of aliphatic hydroxyl groups is 11. The number of hydrogen-bond acceptors (Lipinski definition) is 13. The summed E-state index contributed by atoms with van der Waals surface area (Å²) in [6.45, 7) is 1.10. The van der Waals surface area contributed by atoms with Crippen LogP contribution in [-0.4, -0.2) is 155 Å². The molecule has 16 atom stereocenters. The molecule has 2 aliphatic carbocycles. The Morgan fingerprint density at radius 1 is 0.683 bits per heavy atom. The summed E-state index contributed by atoms with van der Waals surface area (Å²) in [6.07, 6.45) is -13.3. The first-order valence-electron chi connectivity index (χ1n) is 14.8. The van der Waals surface area contributed by atoms with Crippen LogP contribution in [0.1, 0.15) is 51.9 Å². The van der Waals surface area contributed by atoms with Crippen LogP contribution in [0.15, 0.2) is 0 Å². The fourth-order valence-corrected chi connectivity index (χ4v) is 7.15. The van der Waals surface area contributed by atoms with Gasteiger partial charge in [-0.15, -0.1) is 0 Å². The lowest BCUT2D eigenvalue weighted by Crippen LogP contribution is -2.63. The lowest BCUT2D eigenvalue weighted by atomic mass is 9.73. The molecular formula is C27H47O14+. The Labute approximate surface area is 238 Å².